The van der Waals surface area contributed by atoms with E-state index in [0.29, 0.717) is 10.6 Å². The first-order chi connectivity index (χ1) is 14.0. The van der Waals surface area contributed by atoms with Gasteiger partial charge in [-0.1, -0.05) is 23.5 Å². The molecule has 1 atom stereocenters. The number of hydrogen-bond donors (Lipinski definition) is 2. The monoisotopic (exact) mass is 409 g/mol. The van der Waals surface area contributed by atoms with Crippen LogP contribution in [0.2, 0.25) is 0 Å². The average Bonchev–Trinajstić information content (AvgIpc) is 3.38. The van der Waals surface area contributed by atoms with Crippen LogP contribution in [-0.2, 0) is 9.59 Å². The quantitative estimate of drug-likeness (QED) is 0.541. The van der Waals surface area contributed by atoms with Crippen molar-refractivity contribution in [3.05, 3.63) is 47.8 Å². The molecule has 4 aromatic rings. The number of hydrogen-bond acceptors (Lipinski definition) is 5. The summed E-state index contributed by atoms with van der Waals surface area (Å²) in [5.41, 5.74) is 2.44. The number of carbonyl (C=O) groups is 2. The lowest BCUT2D eigenvalue weighted by Crippen LogP contribution is -2.28. The third kappa shape index (κ3) is 3.03. The molecule has 5 rings (SSSR count). The Hall–Kier alpha value is -3.33. The van der Waals surface area contributed by atoms with Crippen LogP contribution in [0.5, 0.6) is 0 Å². The maximum absolute atomic E-state index is 14.2. The second kappa shape index (κ2) is 6.63. The van der Waals surface area contributed by atoms with Crippen LogP contribution in [0.1, 0.15) is 12.0 Å². The van der Waals surface area contributed by atoms with Gasteiger partial charge in [0.05, 0.1) is 27.0 Å². The van der Waals surface area contributed by atoms with E-state index in [9.17, 15) is 14.0 Å². The Labute approximate surface area is 168 Å². The van der Waals surface area contributed by atoms with Crippen LogP contribution in [0.15, 0.2) is 36.4 Å². The molecule has 2 amide bonds. The Morgan fingerprint density at radius 3 is 3.07 bits per heavy atom. The van der Waals surface area contributed by atoms with E-state index in [1.54, 1.807) is 12.1 Å². The van der Waals surface area contributed by atoms with E-state index >= 15 is 0 Å². The maximum Gasteiger partial charge on any atom is 0.231 e. The molecule has 0 aliphatic carbocycles. The molecule has 2 N–H and O–H groups in total. The number of thiazole rings is 1. The van der Waals surface area contributed by atoms with Crippen molar-refractivity contribution in [2.45, 2.75) is 13.3 Å². The van der Waals surface area contributed by atoms with E-state index < -0.39 is 11.7 Å². The first kappa shape index (κ1) is 17.7. The van der Waals surface area contributed by atoms with Crippen molar-refractivity contribution >= 4 is 55.2 Å². The van der Waals surface area contributed by atoms with Gasteiger partial charge in [0.15, 0.2) is 10.9 Å². The fraction of sp³-hybridized carbons (Fsp3) is 0.200. The highest BCUT2D eigenvalue weighted by Crippen LogP contribution is 2.32. The van der Waals surface area contributed by atoms with E-state index in [-0.39, 0.29) is 36.0 Å². The zero-order valence-electron chi connectivity index (χ0n) is 15.4. The van der Waals surface area contributed by atoms with Gasteiger partial charge in [0.1, 0.15) is 5.82 Å². The van der Waals surface area contributed by atoms with Gasteiger partial charge in [-0.25, -0.2) is 9.37 Å². The minimum atomic E-state index is -0.560. The molecule has 1 aliphatic rings. The van der Waals surface area contributed by atoms with Crippen molar-refractivity contribution < 1.29 is 14.0 Å². The molecule has 2 aromatic carbocycles. The SMILES string of the molecule is Cc1ccc2nc(NC(=O)[C@H]3CC(=O)N(c4n[nH]c5cccc(F)c45)C3)sc2c1. The molecule has 0 bridgehead atoms. The van der Waals surface area contributed by atoms with Gasteiger partial charge in [0.25, 0.3) is 0 Å². The lowest BCUT2D eigenvalue weighted by Gasteiger charge is -2.14. The Balaban J connectivity index is 1.37. The zero-order valence-corrected chi connectivity index (χ0v) is 16.2. The van der Waals surface area contributed by atoms with Gasteiger partial charge >= 0.3 is 0 Å². The molecule has 3 heterocycles. The highest BCUT2D eigenvalue weighted by atomic mass is 32.1. The molecule has 146 valence electrons. The minimum absolute atomic E-state index is 0.0403. The van der Waals surface area contributed by atoms with E-state index in [0.717, 1.165) is 15.8 Å². The number of carbonyl (C=O) groups excluding carboxylic acids is 2. The summed E-state index contributed by atoms with van der Waals surface area (Å²) >= 11 is 1.39. The number of aromatic nitrogens is 3. The second-order valence-corrected chi connectivity index (χ2v) is 8.13. The van der Waals surface area contributed by atoms with Crippen LogP contribution in [0.4, 0.5) is 15.3 Å². The smallest absolute Gasteiger partial charge is 0.231 e. The van der Waals surface area contributed by atoms with Crippen LogP contribution in [0.3, 0.4) is 0 Å². The number of anilines is 2. The van der Waals surface area contributed by atoms with Crippen molar-refractivity contribution in [1.29, 1.82) is 0 Å². The second-order valence-electron chi connectivity index (χ2n) is 7.09. The standard InChI is InChI=1S/C20H16FN5O2S/c1-10-5-6-13-15(7-10)29-20(22-13)23-19(28)11-8-16(27)26(9-11)18-17-12(21)3-2-4-14(17)24-25-18/h2-7,11H,8-9H2,1H3,(H,24,25)(H,22,23,28)/t11-/m0/s1. The van der Waals surface area contributed by atoms with Crippen molar-refractivity contribution in [2.24, 2.45) is 5.92 Å². The van der Waals surface area contributed by atoms with Crippen LogP contribution < -0.4 is 10.2 Å². The molecule has 0 spiro atoms. The zero-order chi connectivity index (χ0) is 20.1. The number of aryl methyl sites for hydroxylation is 1. The van der Waals surface area contributed by atoms with Gasteiger partial charge in [0.2, 0.25) is 11.8 Å². The number of aromatic amines is 1. The summed E-state index contributed by atoms with van der Waals surface area (Å²) in [4.78, 5) is 31.0. The lowest BCUT2D eigenvalue weighted by molar-refractivity contribution is -0.122. The predicted molar refractivity (Wildman–Crippen MR) is 109 cm³/mol. The topological polar surface area (TPSA) is 91.0 Å². The average molecular weight is 409 g/mol. The Kier molecular flexibility index (Phi) is 4.06. The molecule has 2 aromatic heterocycles. The number of amides is 2. The molecule has 9 heteroatoms. The first-order valence-electron chi connectivity index (χ1n) is 9.10. The Bertz CT molecular complexity index is 1280. The van der Waals surface area contributed by atoms with E-state index in [1.165, 1.54) is 22.3 Å². The number of rotatable bonds is 3. The third-order valence-electron chi connectivity index (χ3n) is 5.05. The molecule has 0 unspecified atom stereocenters. The van der Waals surface area contributed by atoms with Crippen molar-refractivity contribution in [1.82, 2.24) is 15.2 Å². The van der Waals surface area contributed by atoms with Crippen molar-refractivity contribution in [2.75, 3.05) is 16.8 Å². The largest absolute Gasteiger partial charge is 0.302 e. The summed E-state index contributed by atoms with van der Waals surface area (Å²) in [6.45, 7) is 2.14. The Morgan fingerprint density at radius 2 is 2.21 bits per heavy atom. The Morgan fingerprint density at radius 1 is 1.34 bits per heavy atom. The molecular formula is C20H16FN5O2S. The summed E-state index contributed by atoms with van der Waals surface area (Å²) in [7, 11) is 0. The number of H-pyrrole nitrogens is 1. The number of benzene rings is 2. The van der Waals surface area contributed by atoms with Crippen LogP contribution in [0.25, 0.3) is 21.1 Å². The number of fused-ring (bicyclic) bond motifs is 2. The van der Waals surface area contributed by atoms with E-state index in [4.69, 9.17) is 0 Å². The molecule has 7 nitrogen and oxygen atoms in total. The fourth-order valence-electron chi connectivity index (χ4n) is 3.59. The minimum Gasteiger partial charge on any atom is -0.302 e. The summed E-state index contributed by atoms with van der Waals surface area (Å²) in [6, 6.07) is 10.5. The summed E-state index contributed by atoms with van der Waals surface area (Å²) in [5, 5.41) is 10.4. The number of halogens is 1. The molecule has 29 heavy (non-hydrogen) atoms. The highest BCUT2D eigenvalue weighted by molar-refractivity contribution is 7.22. The normalized spacial score (nSPS) is 16.8. The van der Waals surface area contributed by atoms with Crippen LogP contribution in [0, 0.1) is 18.7 Å². The van der Waals surface area contributed by atoms with Gasteiger partial charge in [-0.2, -0.15) is 5.10 Å². The highest BCUT2D eigenvalue weighted by Gasteiger charge is 2.37. The van der Waals surface area contributed by atoms with Crippen LogP contribution >= 0.6 is 11.3 Å². The fourth-order valence-corrected chi connectivity index (χ4v) is 4.56. The van der Waals surface area contributed by atoms with Gasteiger partial charge in [-0.05, 0) is 36.8 Å². The van der Waals surface area contributed by atoms with E-state index in [1.807, 2.05) is 25.1 Å². The van der Waals surface area contributed by atoms with Gasteiger partial charge < -0.3 is 5.32 Å². The van der Waals surface area contributed by atoms with Crippen molar-refractivity contribution in [3.63, 3.8) is 0 Å². The maximum atomic E-state index is 14.2. The van der Waals surface area contributed by atoms with E-state index in [2.05, 4.69) is 20.5 Å². The predicted octanol–water partition coefficient (Wildman–Crippen LogP) is 3.61. The number of nitrogens with one attached hydrogen (secondary N) is 2. The summed E-state index contributed by atoms with van der Waals surface area (Å²) in [6.07, 6.45) is 0.0403. The van der Waals surface area contributed by atoms with Gasteiger partial charge in [-0.3, -0.25) is 19.6 Å². The first-order valence-corrected chi connectivity index (χ1v) is 9.92. The van der Waals surface area contributed by atoms with Crippen LogP contribution in [-0.4, -0.2) is 33.5 Å². The molecular weight excluding hydrogens is 393 g/mol. The molecule has 0 radical (unpaired) electrons. The van der Waals surface area contributed by atoms with Crippen molar-refractivity contribution in [3.8, 4) is 0 Å². The molecule has 1 fully saturated rings. The van der Waals surface area contributed by atoms with Gasteiger partial charge in [0, 0.05) is 13.0 Å². The molecule has 0 saturated carbocycles. The lowest BCUT2D eigenvalue weighted by atomic mass is 10.1. The molecule has 1 saturated heterocycles. The summed E-state index contributed by atoms with van der Waals surface area (Å²) in [5.74, 6) is -1.35. The number of nitrogens with zero attached hydrogens (tertiary/aromatic N) is 3. The van der Waals surface area contributed by atoms with Gasteiger partial charge in [-0.15, -0.1) is 0 Å². The molecule has 1 aliphatic heterocycles. The third-order valence-corrected chi connectivity index (χ3v) is 5.98. The summed E-state index contributed by atoms with van der Waals surface area (Å²) < 4.78 is 15.2.